The molecule has 1 aliphatic heterocycles. The molecular weight excluding hydrogens is 574 g/mol. The Hall–Kier alpha value is -3.24. The number of carbonyl (C=O) groups is 6. The van der Waals surface area contributed by atoms with E-state index in [0.29, 0.717) is 19.4 Å². The summed E-state index contributed by atoms with van der Waals surface area (Å²) in [6, 6.07) is -3.19. The number of hydrogen-bond donors (Lipinski definition) is 4. The highest BCUT2D eigenvalue weighted by molar-refractivity contribution is 6.38. The van der Waals surface area contributed by atoms with Crippen LogP contribution in [0.2, 0.25) is 0 Å². The van der Waals surface area contributed by atoms with E-state index in [2.05, 4.69) is 27.8 Å². The van der Waals surface area contributed by atoms with Gasteiger partial charge in [-0.1, -0.05) is 53.0 Å². The van der Waals surface area contributed by atoms with E-state index in [4.69, 9.17) is 0 Å². The first-order valence-corrected chi connectivity index (χ1v) is 16.7. The molecule has 1 saturated heterocycles. The summed E-state index contributed by atoms with van der Waals surface area (Å²) in [5, 5.41) is 11.1. The van der Waals surface area contributed by atoms with E-state index in [0.717, 1.165) is 32.1 Å². The molecule has 4 atom stereocenters. The maximum atomic E-state index is 14.3. The van der Waals surface area contributed by atoms with E-state index in [1.54, 1.807) is 24.8 Å². The number of nitrogens with zero attached hydrogens (tertiary/aromatic N) is 1. The Morgan fingerprint density at radius 3 is 2.13 bits per heavy atom. The fourth-order valence-corrected chi connectivity index (χ4v) is 6.29. The predicted molar refractivity (Wildman–Crippen MR) is 174 cm³/mol. The van der Waals surface area contributed by atoms with Gasteiger partial charge in [-0.2, -0.15) is 0 Å². The molecule has 0 bridgehead atoms. The van der Waals surface area contributed by atoms with Crippen molar-refractivity contribution in [2.24, 2.45) is 23.7 Å². The second kappa shape index (κ2) is 17.5. The molecule has 0 aromatic heterocycles. The van der Waals surface area contributed by atoms with Crippen LogP contribution in [0.3, 0.4) is 0 Å². The normalized spacial score (nSPS) is 20.3. The molecule has 5 amide bonds. The lowest BCUT2D eigenvalue weighted by Crippen LogP contribution is -2.60. The topological polar surface area (TPSA) is 154 Å². The molecule has 254 valence electrons. The Morgan fingerprint density at radius 1 is 0.933 bits per heavy atom. The second-order valence-corrected chi connectivity index (χ2v) is 14.3. The fraction of sp³-hybridized carbons (Fsp3) is 0.765. The van der Waals surface area contributed by atoms with Crippen LogP contribution in [0.5, 0.6) is 0 Å². The van der Waals surface area contributed by atoms with Gasteiger partial charge >= 0.3 is 6.03 Å². The Labute approximate surface area is 269 Å². The number of nitrogens with one attached hydrogen (secondary N) is 4. The van der Waals surface area contributed by atoms with Crippen molar-refractivity contribution < 1.29 is 28.8 Å². The first-order chi connectivity index (χ1) is 21.1. The van der Waals surface area contributed by atoms with Crippen molar-refractivity contribution in [1.82, 2.24) is 26.2 Å². The summed E-state index contributed by atoms with van der Waals surface area (Å²) in [7, 11) is 0. The first-order valence-electron chi connectivity index (χ1n) is 16.7. The number of carbonyl (C=O) groups excluding carboxylic acids is 6. The summed E-state index contributed by atoms with van der Waals surface area (Å²) in [6.07, 6.45) is 7.50. The number of urea groups is 1. The largest absolute Gasteiger partial charge is 0.349 e. The fourth-order valence-electron chi connectivity index (χ4n) is 6.29. The van der Waals surface area contributed by atoms with Gasteiger partial charge in [0.15, 0.2) is 0 Å². The van der Waals surface area contributed by atoms with Crippen molar-refractivity contribution in [2.75, 3.05) is 13.1 Å². The summed E-state index contributed by atoms with van der Waals surface area (Å²) >= 11 is 0. The summed E-state index contributed by atoms with van der Waals surface area (Å²) in [5.41, 5.74) is -0.494. The van der Waals surface area contributed by atoms with Crippen molar-refractivity contribution in [2.45, 2.75) is 130 Å². The summed E-state index contributed by atoms with van der Waals surface area (Å²) in [4.78, 5) is 80.7. The molecule has 2 rings (SSSR count). The summed E-state index contributed by atoms with van der Waals surface area (Å²) < 4.78 is 0. The van der Waals surface area contributed by atoms with Crippen molar-refractivity contribution in [3.8, 4) is 0 Å². The van der Waals surface area contributed by atoms with Crippen LogP contribution in [-0.2, 0) is 24.0 Å². The second-order valence-electron chi connectivity index (χ2n) is 14.3. The molecule has 45 heavy (non-hydrogen) atoms. The van der Waals surface area contributed by atoms with Gasteiger partial charge < -0.3 is 26.2 Å². The van der Waals surface area contributed by atoms with Crippen molar-refractivity contribution in [3.05, 3.63) is 12.7 Å². The third-order valence-corrected chi connectivity index (χ3v) is 8.83. The summed E-state index contributed by atoms with van der Waals surface area (Å²) in [6.45, 7) is 17.2. The molecule has 11 nitrogen and oxygen atoms in total. The lowest BCUT2D eigenvalue weighted by Gasteiger charge is -2.36. The van der Waals surface area contributed by atoms with Crippen molar-refractivity contribution >= 4 is 35.3 Å². The number of rotatable bonds is 15. The van der Waals surface area contributed by atoms with E-state index >= 15 is 0 Å². The van der Waals surface area contributed by atoms with Crippen molar-refractivity contribution in [1.29, 1.82) is 0 Å². The van der Waals surface area contributed by atoms with Crippen molar-refractivity contribution in [3.63, 3.8) is 0 Å². The third-order valence-electron chi connectivity index (χ3n) is 8.83. The van der Waals surface area contributed by atoms with E-state index in [1.165, 1.54) is 0 Å². The third kappa shape index (κ3) is 11.6. The van der Waals surface area contributed by atoms with Crippen LogP contribution >= 0.6 is 0 Å². The maximum absolute atomic E-state index is 14.3. The molecule has 2 aliphatic rings. The van der Waals surface area contributed by atoms with Gasteiger partial charge in [0.25, 0.3) is 5.91 Å². The molecule has 0 aromatic rings. The molecule has 2 unspecified atom stereocenters. The predicted octanol–water partition coefficient (Wildman–Crippen LogP) is 3.66. The molecule has 1 heterocycles. The first kappa shape index (κ1) is 37.9. The zero-order valence-corrected chi connectivity index (χ0v) is 28.5. The quantitative estimate of drug-likeness (QED) is 0.160. The Kier molecular flexibility index (Phi) is 14.7. The van der Waals surface area contributed by atoms with Crippen LogP contribution < -0.4 is 21.3 Å². The Balaban J connectivity index is 2.29. The van der Waals surface area contributed by atoms with Gasteiger partial charge in [-0.25, -0.2) is 4.79 Å². The van der Waals surface area contributed by atoms with Crippen LogP contribution in [0.25, 0.3) is 0 Å². The van der Waals surface area contributed by atoms with Crippen LogP contribution in [0.1, 0.15) is 106 Å². The molecule has 0 radical (unpaired) electrons. The smallest absolute Gasteiger partial charge is 0.315 e. The lowest BCUT2D eigenvalue weighted by molar-refractivity contribution is -0.144. The van der Waals surface area contributed by atoms with Crippen LogP contribution in [0.15, 0.2) is 12.7 Å². The molecule has 4 N–H and O–H groups in total. The molecule has 0 aromatic carbocycles. The number of allylic oxidation sites excluding steroid dienone is 1. The summed E-state index contributed by atoms with van der Waals surface area (Å²) in [5.74, 6) is -2.82. The zero-order valence-electron chi connectivity index (χ0n) is 28.5. The Bertz CT molecular complexity index is 1080. The molecule has 11 heteroatoms. The SMILES string of the molecule is C=CCCC(NC(=O)[C@@H]1C(C(C)C)CCN1C(=O)[C@@H](NC(=O)NC(C)(C)C)C1CCCCC1)C(=O)C(=O)NCCC(=O)C(C)C. The standard InChI is InChI=1S/C34H57N5O6/c1-9-10-16-25(29(41)31(43)35-19-17-26(40)22(4)5)36-30(42)28-24(21(2)3)18-20-39(28)32(44)27(23-14-12-11-13-15-23)37-33(45)38-34(6,7)8/h9,21-25,27-28H,1,10-20H2,2-8H3,(H,35,43)(H,36,42)(H2,37,38,45)/t24?,25?,27-,28-/m0/s1. The number of ketones is 2. The molecule has 0 spiro atoms. The highest BCUT2D eigenvalue weighted by Crippen LogP contribution is 2.34. The van der Waals surface area contributed by atoms with E-state index in [-0.39, 0.29) is 54.7 Å². The van der Waals surface area contributed by atoms with Gasteiger partial charge in [0, 0.05) is 31.0 Å². The number of hydrogen-bond acceptors (Lipinski definition) is 6. The number of likely N-dealkylation sites (tertiary alicyclic amines) is 1. The van der Waals surface area contributed by atoms with E-state index in [9.17, 15) is 28.8 Å². The molecule has 1 saturated carbocycles. The van der Waals surface area contributed by atoms with Gasteiger partial charge in [0.05, 0.1) is 6.04 Å². The molecule has 2 fully saturated rings. The minimum atomic E-state index is -1.12. The number of amides is 5. The lowest BCUT2D eigenvalue weighted by atomic mass is 9.83. The Morgan fingerprint density at radius 2 is 1.58 bits per heavy atom. The van der Waals surface area contributed by atoms with Gasteiger partial charge in [-0.3, -0.25) is 24.0 Å². The molecule has 1 aliphatic carbocycles. The monoisotopic (exact) mass is 631 g/mol. The maximum Gasteiger partial charge on any atom is 0.315 e. The van der Waals surface area contributed by atoms with Crippen LogP contribution in [0.4, 0.5) is 4.79 Å². The zero-order chi connectivity index (χ0) is 33.9. The van der Waals surface area contributed by atoms with Crippen LogP contribution in [-0.4, -0.2) is 77.0 Å². The molecular formula is C34H57N5O6. The highest BCUT2D eigenvalue weighted by Gasteiger charge is 2.47. The minimum Gasteiger partial charge on any atom is -0.349 e. The van der Waals surface area contributed by atoms with Crippen LogP contribution in [0, 0.1) is 23.7 Å². The average Bonchev–Trinajstić information content (AvgIpc) is 3.42. The van der Waals surface area contributed by atoms with Gasteiger partial charge in [-0.15, -0.1) is 6.58 Å². The van der Waals surface area contributed by atoms with Gasteiger partial charge in [-0.05, 0) is 70.6 Å². The highest BCUT2D eigenvalue weighted by atomic mass is 16.2. The number of Topliss-reactive ketones (excluding diaryl/α,β-unsaturated/α-hetero) is 2. The van der Waals surface area contributed by atoms with Gasteiger partial charge in [0.2, 0.25) is 17.6 Å². The van der Waals surface area contributed by atoms with Gasteiger partial charge in [0.1, 0.15) is 17.9 Å². The average molecular weight is 632 g/mol. The van der Waals surface area contributed by atoms with E-state index < -0.39 is 47.3 Å². The minimum absolute atomic E-state index is 0.0260. The van der Waals surface area contributed by atoms with E-state index in [1.807, 2.05) is 34.6 Å².